The number of nitrogen functional groups attached to an aromatic ring is 1. The molecular formula is C18H23N5S2. The zero-order valence-corrected chi connectivity index (χ0v) is 16.3. The predicted molar refractivity (Wildman–Crippen MR) is 108 cm³/mol. The molecule has 1 aliphatic rings. The summed E-state index contributed by atoms with van der Waals surface area (Å²) in [6.07, 6.45) is 10.3. The van der Waals surface area contributed by atoms with Crippen LogP contribution in [0, 0.1) is 0 Å². The zero-order chi connectivity index (χ0) is 17.4. The molecule has 25 heavy (non-hydrogen) atoms. The topological polar surface area (TPSA) is 76.7 Å². The normalized spacial score (nSPS) is 14.2. The maximum atomic E-state index is 5.73. The van der Waals surface area contributed by atoms with Gasteiger partial charge in [0, 0.05) is 11.1 Å². The number of aromatic nitrogens is 3. The summed E-state index contributed by atoms with van der Waals surface area (Å²) in [5.41, 5.74) is 8.03. The molecule has 0 aromatic carbocycles. The first-order valence-corrected chi connectivity index (χ1v) is 11.0. The van der Waals surface area contributed by atoms with Gasteiger partial charge in [0.1, 0.15) is 4.83 Å². The van der Waals surface area contributed by atoms with Gasteiger partial charge in [0.25, 0.3) is 0 Å². The molecule has 0 amide bonds. The Bertz CT molecular complexity index is 934. The number of nitrogens with one attached hydrogen (secondary N) is 1. The largest absolute Gasteiger partial charge is 0.307 e. The Hall–Kier alpha value is -1.44. The average molecular weight is 374 g/mol. The number of fused-ring (bicyclic) bond motifs is 5. The van der Waals surface area contributed by atoms with Gasteiger partial charge in [0.15, 0.2) is 11.0 Å². The number of hydrazine groups is 1. The summed E-state index contributed by atoms with van der Waals surface area (Å²) in [5.74, 6) is 6.44. The first kappa shape index (κ1) is 17.0. The van der Waals surface area contributed by atoms with E-state index in [-0.39, 0.29) is 0 Å². The van der Waals surface area contributed by atoms with Crippen molar-refractivity contribution in [3.8, 4) is 0 Å². The van der Waals surface area contributed by atoms with Crippen LogP contribution in [0.2, 0.25) is 0 Å². The summed E-state index contributed by atoms with van der Waals surface area (Å²) < 4.78 is 1.02. The van der Waals surface area contributed by atoms with Crippen molar-refractivity contribution in [2.24, 2.45) is 5.84 Å². The summed E-state index contributed by atoms with van der Waals surface area (Å²) >= 11 is 3.21. The second-order valence-electron chi connectivity index (χ2n) is 6.49. The van der Waals surface area contributed by atoms with Crippen LogP contribution in [-0.4, -0.2) is 21.2 Å². The second kappa shape index (κ2) is 7.05. The van der Waals surface area contributed by atoms with E-state index in [1.807, 2.05) is 6.26 Å². The van der Waals surface area contributed by atoms with Crippen LogP contribution in [0.4, 0.5) is 5.82 Å². The third-order valence-electron chi connectivity index (χ3n) is 4.94. The summed E-state index contributed by atoms with van der Waals surface area (Å²) in [7, 11) is 0. The van der Waals surface area contributed by atoms with Gasteiger partial charge >= 0.3 is 0 Å². The number of nitrogens with two attached hydrogens (primary N) is 1. The Labute approximate surface area is 155 Å². The number of pyridine rings is 1. The van der Waals surface area contributed by atoms with Crippen molar-refractivity contribution in [1.29, 1.82) is 0 Å². The number of aryl methyl sites for hydroxylation is 2. The first-order valence-electron chi connectivity index (χ1n) is 8.92. The van der Waals surface area contributed by atoms with Gasteiger partial charge in [0.2, 0.25) is 0 Å². The van der Waals surface area contributed by atoms with E-state index in [1.54, 1.807) is 23.1 Å². The van der Waals surface area contributed by atoms with Crippen molar-refractivity contribution < 1.29 is 0 Å². The van der Waals surface area contributed by atoms with Crippen LogP contribution in [0.25, 0.3) is 20.4 Å². The number of hydrogen-bond acceptors (Lipinski definition) is 7. The third-order valence-corrected chi connectivity index (χ3v) is 6.56. The SMILES string of the molecule is CCCCc1nc2sc3c(NN)nc(SC)nc3c2c2c1CCCC2. The van der Waals surface area contributed by atoms with Crippen molar-refractivity contribution in [3.63, 3.8) is 0 Å². The van der Waals surface area contributed by atoms with Crippen molar-refractivity contribution in [2.45, 2.75) is 57.0 Å². The van der Waals surface area contributed by atoms with Gasteiger partial charge in [-0.15, -0.1) is 11.3 Å². The second-order valence-corrected chi connectivity index (χ2v) is 8.26. The van der Waals surface area contributed by atoms with E-state index in [0.29, 0.717) is 5.82 Å². The fourth-order valence-electron chi connectivity index (χ4n) is 3.73. The van der Waals surface area contributed by atoms with Gasteiger partial charge in [-0.3, -0.25) is 0 Å². The Morgan fingerprint density at radius 1 is 1.16 bits per heavy atom. The van der Waals surface area contributed by atoms with Gasteiger partial charge in [-0.25, -0.2) is 20.8 Å². The third kappa shape index (κ3) is 2.88. The molecular weight excluding hydrogens is 350 g/mol. The van der Waals surface area contributed by atoms with E-state index < -0.39 is 0 Å². The van der Waals surface area contributed by atoms with E-state index in [4.69, 9.17) is 15.8 Å². The monoisotopic (exact) mass is 373 g/mol. The molecule has 0 bridgehead atoms. The highest BCUT2D eigenvalue weighted by Gasteiger charge is 2.23. The first-order chi connectivity index (χ1) is 12.3. The maximum absolute atomic E-state index is 5.73. The molecule has 0 atom stereocenters. The number of rotatable bonds is 5. The highest BCUT2D eigenvalue weighted by Crippen LogP contribution is 2.41. The lowest BCUT2D eigenvalue weighted by atomic mass is 9.87. The molecule has 5 nitrogen and oxygen atoms in total. The minimum Gasteiger partial charge on any atom is -0.307 e. The molecule has 3 heterocycles. The molecule has 0 fully saturated rings. The van der Waals surface area contributed by atoms with Crippen LogP contribution in [0.1, 0.15) is 49.4 Å². The summed E-state index contributed by atoms with van der Waals surface area (Å²) in [6.45, 7) is 2.24. The minimum absolute atomic E-state index is 0.706. The Morgan fingerprint density at radius 2 is 1.96 bits per heavy atom. The summed E-state index contributed by atoms with van der Waals surface area (Å²) in [4.78, 5) is 15.5. The Kier molecular flexibility index (Phi) is 4.80. The molecule has 7 heteroatoms. The maximum Gasteiger partial charge on any atom is 0.189 e. The van der Waals surface area contributed by atoms with Crippen LogP contribution >= 0.6 is 23.1 Å². The van der Waals surface area contributed by atoms with Crippen LogP contribution in [0.3, 0.4) is 0 Å². The number of thiophene rings is 1. The van der Waals surface area contributed by atoms with Gasteiger partial charge in [-0.05, 0) is 55.9 Å². The Balaban J connectivity index is 2.04. The molecule has 0 saturated carbocycles. The molecule has 0 spiro atoms. The van der Waals surface area contributed by atoms with Crippen LogP contribution in [0.5, 0.6) is 0 Å². The fourth-order valence-corrected chi connectivity index (χ4v) is 5.21. The predicted octanol–water partition coefficient (Wildman–Crippen LogP) is 4.47. The molecule has 0 radical (unpaired) electrons. The molecule has 132 valence electrons. The van der Waals surface area contributed by atoms with Gasteiger partial charge in [-0.1, -0.05) is 25.1 Å². The molecule has 3 aromatic heterocycles. The van der Waals surface area contributed by atoms with E-state index in [1.165, 1.54) is 47.9 Å². The van der Waals surface area contributed by atoms with E-state index >= 15 is 0 Å². The molecule has 4 rings (SSSR count). The molecule has 0 aliphatic heterocycles. The van der Waals surface area contributed by atoms with E-state index in [0.717, 1.165) is 39.5 Å². The number of thioether (sulfide) groups is 1. The van der Waals surface area contributed by atoms with Crippen molar-refractivity contribution in [2.75, 3.05) is 11.7 Å². The number of unbranched alkanes of at least 4 members (excludes halogenated alkanes) is 1. The lowest BCUT2D eigenvalue weighted by molar-refractivity contribution is 0.670. The van der Waals surface area contributed by atoms with E-state index in [2.05, 4.69) is 17.3 Å². The average Bonchev–Trinajstić information content (AvgIpc) is 3.03. The molecule has 0 unspecified atom stereocenters. The lowest BCUT2D eigenvalue weighted by Gasteiger charge is -2.20. The summed E-state index contributed by atoms with van der Waals surface area (Å²) in [5, 5.41) is 1.99. The zero-order valence-electron chi connectivity index (χ0n) is 14.7. The van der Waals surface area contributed by atoms with Gasteiger partial charge in [0.05, 0.1) is 10.2 Å². The number of hydrogen-bond donors (Lipinski definition) is 2. The standard InChI is InChI=1S/C18H23N5S2/c1-3-4-9-12-10-7-5-6-8-11(10)13-14-15(25-17(13)20-12)16(23-19)22-18(21-14)24-2/h3-9,19H2,1-2H3,(H,21,22,23). The van der Waals surface area contributed by atoms with Crippen molar-refractivity contribution in [3.05, 3.63) is 16.8 Å². The van der Waals surface area contributed by atoms with Gasteiger partial charge < -0.3 is 5.43 Å². The van der Waals surface area contributed by atoms with Crippen LogP contribution in [0.15, 0.2) is 5.16 Å². The fraction of sp³-hybridized carbons (Fsp3) is 0.500. The quantitative estimate of drug-likeness (QED) is 0.297. The smallest absolute Gasteiger partial charge is 0.189 e. The number of anilines is 1. The number of nitrogens with zero attached hydrogens (tertiary/aromatic N) is 3. The van der Waals surface area contributed by atoms with Crippen molar-refractivity contribution in [1.82, 2.24) is 15.0 Å². The Morgan fingerprint density at radius 3 is 2.68 bits per heavy atom. The highest BCUT2D eigenvalue weighted by atomic mass is 32.2. The highest BCUT2D eigenvalue weighted by molar-refractivity contribution is 7.98. The minimum atomic E-state index is 0.706. The van der Waals surface area contributed by atoms with Crippen molar-refractivity contribution >= 4 is 49.3 Å². The van der Waals surface area contributed by atoms with Gasteiger partial charge in [-0.2, -0.15) is 0 Å². The van der Waals surface area contributed by atoms with Crippen LogP contribution < -0.4 is 11.3 Å². The summed E-state index contributed by atoms with van der Waals surface area (Å²) in [6, 6.07) is 0. The lowest BCUT2D eigenvalue weighted by Crippen LogP contribution is -2.10. The molecule has 0 saturated heterocycles. The van der Waals surface area contributed by atoms with Crippen LogP contribution in [-0.2, 0) is 19.3 Å². The van der Waals surface area contributed by atoms with E-state index in [9.17, 15) is 0 Å². The molecule has 3 N–H and O–H groups in total. The molecule has 1 aliphatic carbocycles. The molecule has 3 aromatic rings.